The van der Waals surface area contributed by atoms with E-state index < -0.39 is 4.92 Å². The molecule has 0 aliphatic heterocycles. The lowest BCUT2D eigenvalue weighted by Gasteiger charge is -2.06. The molecule has 0 spiro atoms. The van der Waals surface area contributed by atoms with Crippen molar-refractivity contribution >= 4 is 28.6 Å². The Morgan fingerprint density at radius 2 is 2.30 bits per heavy atom. The van der Waals surface area contributed by atoms with Gasteiger partial charge in [0.1, 0.15) is 10.7 Å². The molecule has 2 rings (SSSR count). The standard InChI is InChI=1S/C12H12N4O3S/c1-13-9-6-8(2-3-10(9)16(18)19)12(17)15-7-11-14-4-5-20-11/h2-6,13H,7H2,1H3,(H,15,17). The first-order valence-electron chi connectivity index (χ1n) is 5.74. The third kappa shape index (κ3) is 3.09. The Morgan fingerprint density at radius 3 is 2.90 bits per heavy atom. The maximum Gasteiger partial charge on any atom is 0.292 e. The summed E-state index contributed by atoms with van der Waals surface area (Å²) < 4.78 is 0. The number of nitrogens with one attached hydrogen (secondary N) is 2. The number of benzene rings is 1. The number of nitro groups is 1. The summed E-state index contributed by atoms with van der Waals surface area (Å²) >= 11 is 1.45. The quantitative estimate of drug-likeness (QED) is 0.649. The Labute approximate surface area is 118 Å². The first-order valence-corrected chi connectivity index (χ1v) is 6.62. The topological polar surface area (TPSA) is 97.2 Å². The number of thiazole rings is 1. The number of aromatic nitrogens is 1. The Bertz CT molecular complexity index is 628. The van der Waals surface area contributed by atoms with E-state index in [0.29, 0.717) is 17.8 Å². The van der Waals surface area contributed by atoms with Crippen LogP contribution in [0.4, 0.5) is 11.4 Å². The molecular weight excluding hydrogens is 280 g/mol. The summed E-state index contributed by atoms with van der Waals surface area (Å²) in [6, 6.07) is 4.19. The van der Waals surface area contributed by atoms with Crippen LogP contribution in [0.15, 0.2) is 29.8 Å². The summed E-state index contributed by atoms with van der Waals surface area (Å²) in [7, 11) is 1.57. The van der Waals surface area contributed by atoms with Crippen molar-refractivity contribution in [3.8, 4) is 0 Å². The second-order valence-electron chi connectivity index (χ2n) is 3.85. The van der Waals surface area contributed by atoms with Crippen molar-refractivity contribution in [1.29, 1.82) is 0 Å². The normalized spacial score (nSPS) is 10.1. The SMILES string of the molecule is CNc1cc(C(=O)NCc2nccs2)ccc1[N+](=O)[O-]. The van der Waals surface area contributed by atoms with Gasteiger partial charge in [0, 0.05) is 30.3 Å². The molecule has 104 valence electrons. The minimum absolute atomic E-state index is 0.0658. The third-order valence-electron chi connectivity index (χ3n) is 2.61. The predicted molar refractivity (Wildman–Crippen MR) is 75.9 cm³/mol. The van der Waals surface area contributed by atoms with Gasteiger partial charge in [0.25, 0.3) is 11.6 Å². The molecule has 1 aromatic heterocycles. The van der Waals surface area contributed by atoms with Crippen molar-refractivity contribution in [1.82, 2.24) is 10.3 Å². The Hall–Kier alpha value is -2.48. The van der Waals surface area contributed by atoms with Crippen LogP contribution in [0.25, 0.3) is 0 Å². The number of hydrogen-bond donors (Lipinski definition) is 2. The molecule has 0 aliphatic carbocycles. The summed E-state index contributed by atoms with van der Waals surface area (Å²) in [5.41, 5.74) is 0.595. The van der Waals surface area contributed by atoms with Gasteiger partial charge in [0.2, 0.25) is 0 Å². The summed E-state index contributed by atoms with van der Waals surface area (Å²) in [5.74, 6) is -0.299. The number of hydrogen-bond acceptors (Lipinski definition) is 6. The minimum atomic E-state index is -0.497. The summed E-state index contributed by atoms with van der Waals surface area (Å²) in [6.07, 6.45) is 1.66. The number of nitro benzene ring substituents is 1. The zero-order valence-electron chi connectivity index (χ0n) is 10.6. The highest BCUT2D eigenvalue weighted by atomic mass is 32.1. The number of anilines is 1. The molecular formula is C12H12N4O3S. The monoisotopic (exact) mass is 292 g/mol. The van der Waals surface area contributed by atoms with Gasteiger partial charge in [-0.15, -0.1) is 11.3 Å². The van der Waals surface area contributed by atoms with Gasteiger partial charge in [0.15, 0.2) is 0 Å². The fraction of sp³-hybridized carbons (Fsp3) is 0.167. The molecule has 0 atom stereocenters. The van der Waals surface area contributed by atoms with Crippen LogP contribution in [-0.2, 0) is 6.54 Å². The summed E-state index contributed by atoms with van der Waals surface area (Å²) in [5, 5.41) is 18.8. The van der Waals surface area contributed by atoms with Gasteiger partial charge in [-0.3, -0.25) is 14.9 Å². The second kappa shape index (κ2) is 6.11. The average Bonchev–Trinajstić information content (AvgIpc) is 2.97. The smallest absolute Gasteiger partial charge is 0.292 e. The molecule has 1 aromatic carbocycles. The number of carbonyl (C=O) groups is 1. The molecule has 0 aliphatic rings. The zero-order chi connectivity index (χ0) is 14.5. The number of amides is 1. The lowest BCUT2D eigenvalue weighted by Crippen LogP contribution is -2.22. The van der Waals surface area contributed by atoms with Crippen molar-refractivity contribution < 1.29 is 9.72 Å². The predicted octanol–water partition coefficient (Wildman–Crippen LogP) is 2.02. The molecule has 7 nitrogen and oxygen atoms in total. The Kier molecular flexibility index (Phi) is 4.26. The van der Waals surface area contributed by atoms with Crippen molar-refractivity contribution in [3.05, 3.63) is 50.5 Å². The molecule has 0 bridgehead atoms. The number of nitrogens with zero attached hydrogens (tertiary/aromatic N) is 2. The molecule has 2 aromatic rings. The van der Waals surface area contributed by atoms with E-state index in [1.54, 1.807) is 13.2 Å². The van der Waals surface area contributed by atoms with Gasteiger partial charge in [-0.1, -0.05) is 0 Å². The van der Waals surface area contributed by atoms with Crippen LogP contribution in [0.3, 0.4) is 0 Å². The molecule has 2 N–H and O–H groups in total. The summed E-state index contributed by atoms with van der Waals surface area (Å²) in [6.45, 7) is 0.336. The molecule has 0 radical (unpaired) electrons. The van der Waals surface area contributed by atoms with Gasteiger partial charge >= 0.3 is 0 Å². The minimum Gasteiger partial charge on any atom is -0.383 e. The van der Waals surface area contributed by atoms with Crippen molar-refractivity contribution in [2.24, 2.45) is 0 Å². The molecule has 0 saturated heterocycles. The lowest BCUT2D eigenvalue weighted by molar-refractivity contribution is -0.383. The van der Waals surface area contributed by atoms with E-state index in [0.717, 1.165) is 5.01 Å². The average molecular weight is 292 g/mol. The molecule has 0 fully saturated rings. The molecule has 1 heterocycles. The van der Waals surface area contributed by atoms with Gasteiger partial charge < -0.3 is 10.6 Å². The Morgan fingerprint density at radius 1 is 1.50 bits per heavy atom. The van der Waals surface area contributed by atoms with E-state index in [1.165, 1.54) is 29.5 Å². The largest absolute Gasteiger partial charge is 0.383 e. The van der Waals surface area contributed by atoms with Crippen LogP contribution < -0.4 is 10.6 Å². The van der Waals surface area contributed by atoms with Gasteiger partial charge in [-0.05, 0) is 12.1 Å². The molecule has 8 heteroatoms. The third-order valence-corrected chi connectivity index (χ3v) is 3.39. The molecule has 1 amide bonds. The van der Waals surface area contributed by atoms with Crippen LogP contribution in [-0.4, -0.2) is 22.9 Å². The van der Waals surface area contributed by atoms with Crippen LogP contribution in [0.2, 0.25) is 0 Å². The maximum atomic E-state index is 12.0. The van der Waals surface area contributed by atoms with Gasteiger partial charge in [-0.25, -0.2) is 4.98 Å². The van der Waals surface area contributed by atoms with E-state index in [1.807, 2.05) is 5.38 Å². The van der Waals surface area contributed by atoms with Crippen LogP contribution in [0.5, 0.6) is 0 Å². The zero-order valence-corrected chi connectivity index (χ0v) is 11.4. The number of rotatable bonds is 5. The van der Waals surface area contributed by atoms with Gasteiger partial charge in [-0.2, -0.15) is 0 Å². The van der Waals surface area contributed by atoms with Crippen molar-refractivity contribution in [3.63, 3.8) is 0 Å². The van der Waals surface area contributed by atoms with Crippen LogP contribution in [0.1, 0.15) is 15.4 Å². The molecule has 20 heavy (non-hydrogen) atoms. The van der Waals surface area contributed by atoms with E-state index in [-0.39, 0.29) is 11.6 Å². The highest BCUT2D eigenvalue weighted by molar-refractivity contribution is 7.09. The first-order chi connectivity index (χ1) is 9.61. The van der Waals surface area contributed by atoms with Gasteiger partial charge in [0.05, 0.1) is 11.5 Å². The highest BCUT2D eigenvalue weighted by Crippen LogP contribution is 2.24. The second-order valence-corrected chi connectivity index (χ2v) is 4.83. The van der Waals surface area contributed by atoms with Crippen molar-refractivity contribution in [2.45, 2.75) is 6.54 Å². The van der Waals surface area contributed by atoms with Crippen LogP contribution in [0, 0.1) is 10.1 Å². The van der Waals surface area contributed by atoms with E-state index in [2.05, 4.69) is 15.6 Å². The summed E-state index contributed by atoms with van der Waals surface area (Å²) in [4.78, 5) is 26.3. The molecule has 0 unspecified atom stereocenters. The lowest BCUT2D eigenvalue weighted by atomic mass is 10.1. The van der Waals surface area contributed by atoms with E-state index >= 15 is 0 Å². The Balaban J connectivity index is 2.12. The number of carbonyl (C=O) groups excluding carboxylic acids is 1. The first kappa shape index (κ1) is 13.9. The maximum absolute atomic E-state index is 12.0. The van der Waals surface area contributed by atoms with E-state index in [9.17, 15) is 14.9 Å². The molecule has 0 saturated carbocycles. The van der Waals surface area contributed by atoms with E-state index in [4.69, 9.17) is 0 Å². The fourth-order valence-electron chi connectivity index (χ4n) is 1.63. The van der Waals surface area contributed by atoms with Crippen LogP contribution >= 0.6 is 11.3 Å². The highest BCUT2D eigenvalue weighted by Gasteiger charge is 2.15. The van der Waals surface area contributed by atoms with Crippen molar-refractivity contribution in [2.75, 3.05) is 12.4 Å². The fourth-order valence-corrected chi connectivity index (χ4v) is 2.19.